The second kappa shape index (κ2) is 6.73. The molecular formula is C21H20ClSi. The molecule has 0 heterocycles. The van der Waals surface area contributed by atoms with Gasteiger partial charge in [-0.05, 0) is 32.0 Å². The molecule has 3 aromatic carbocycles. The summed E-state index contributed by atoms with van der Waals surface area (Å²) in [6, 6.07) is 24.0. The van der Waals surface area contributed by atoms with Crippen LogP contribution in [0.25, 0.3) is 0 Å². The molecule has 3 aromatic rings. The van der Waals surface area contributed by atoms with E-state index in [1.54, 1.807) is 0 Å². The highest BCUT2D eigenvalue weighted by molar-refractivity contribution is 6.96. The van der Waals surface area contributed by atoms with Crippen molar-refractivity contribution in [1.29, 1.82) is 0 Å². The topological polar surface area (TPSA) is 0 Å². The predicted molar refractivity (Wildman–Crippen MR) is 103 cm³/mol. The zero-order valence-corrected chi connectivity index (χ0v) is 15.5. The van der Waals surface area contributed by atoms with Gasteiger partial charge in [0.2, 0.25) is 0 Å². The zero-order chi connectivity index (χ0) is 16.4. The van der Waals surface area contributed by atoms with Crippen LogP contribution in [0.3, 0.4) is 0 Å². The predicted octanol–water partition coefficient (Wildman–Crippen LogP) is 3.78. The Labute approximate surface area is 145 Å². The van der Waals surface area contributed by atoms with E-state index in [0.29, 0.717) is 0 Å². The third-order valence-electron chi connectivity index (χ3n) is 3.99. The van der Waals surface area contributed by atoms with Gasteiger partial charge in [-0.3, -0.25) is 0 Å². The van der Waals surface area contributed by atoms with Gasteiger partial charge in [-0.2, -0.15) is 0 Å². The van der Waals surface area contributed by atoms with Crippen molar-refractivity contribution >= 4 is 36.0 Å². The molecule has 0 atom stereocenters. The summed E-state index contributed by atoms with van der Waals surface area (Å²) in [5.74, 6) is 0. The molecule has 0 spiro atoms. The van der Waals surface area contributed by atoms with E-state index >= 15 is 0 Å². The summed E-state index contributed by atoms with van der Waals surface area (Å²) in [6.07, 6.45) is 0. The minimum absolute atomic E-state index is 0.862. The summed E-state index contributed by atoms with van der Waals surface area (Å²) in [5, 5.41) is 4.89. The highest BCUT2D eigenvalue weighted by atomic mass is 35.5. The van der Waals surface area contributed by atoms with Gasteiger partial charge in [0.1, 0.15) is 0 Å². The number of benzene rings is 3. The molecule has 2 heteroatoms. The molecule has 0 bridgehead atoms. The van der Waals surface area contributed by atoms with E-state index in [4.69, 9.17) is 11.6 Å². The molecule has 0 fully saturated rings. The Morgan fingerprint density at radius 3 is 1.87 bits per heavy atom. The fourth-order valence-electron chi connectivity index (χ4n) is 2.98. The molecule has 0 aliphatic rings. The van der Waals surface area contributed by atoms with Gasteiger partial charge in [-0.25, -0.2) is 0 Å². The average molecular weight is 336 g/mol. The maximum absolute atomic E-state index is 6.56. The molecule has 115 valence electrons. The molecule has 0 saturated heterocycles. The van der Waals surface area contributed by atoms with Crippen LogP contribution >= 0.6 is 11.6 Å². The van der Waals surface area contributed by atoms with E-state index in [2.05, 4.69) is 75.4 Å². The normalized spacial score (nSPS) is 11.0. The van der Waals surface area contributed by atoms with Crippen molar-refractivity contribution in [2.45, 2.75) is 20.8 Å². The summed E-state index contributed by atoms with van der Waals surface area (Å²) in [5.41, 5.74) is 3.90. The first-order valence-corrected chi connectivity index (χ1v) is 9.70. The van der Waals surface area contributed by atoms with Gasteiger partial charge in [0, 0.05) is 5.02 Å². The van der Waals surface area contributed by atoms with Crippen LogP contribution in [0, 0.1) is 20.8 Å². The molecule has 0 saturated carbocycles. The number of rotatable bonds is 3. The van der Waals surface area contributed by atoms with Gasteiger partial charge in [0.05, 0.1) is 0 Å². The van der Waals surface area contributed by atoms with Gasteiger partial charge in [0.15, 0.2) is 8.80 Å². The Morgan fingerprint density at radius 1 is 0.652 bits per heavy atom. The third-order valence-corrected chi connectivity index (χ3v) is 7.23. The Hall–Kier alpha value is -1.83. The molecule has 0 unspecified atom stereocenters. The van der Waals surface area contributed by atoms with Crippen LogP contribution in [0.1, 0.15) is 16.7 Å². The van der Waals surface area contributed by atoms with Crippen LogP contribution in [0.2, 0.25) is 5.02 Å². The van der Waals surface area contributed by atoms with Crippen molar-refractivity contribution in [2.75, 3.05) is 0 Å². The number of halogens is 1. The van der Waals surface area contributed by atoms with E-state index < -0.39 is 8.80 Å². The summed E-state index contributed by atoms with van der Waals surface area (Å²) in [6.45, 7) is 6.46. The lowest BCUT2D eigenvalue weighted by Crippen LogP contribution is -2.52. The number of hydrogen-bond donors (Lipinski definition) is 0. The standard InChI is InChI=1S/C21H20ClSi/c1-15-8-10-18(11-9-15)23(21-7-5-4-6-20(21)22)19-13-16(2)12-17(3)14-19/h4-14H,1-3H3. The van der Waals surface area contributed by atoms with Gasteiger partial charge in [0.25, 0.3) is 0 Å². The molecular weight excluding hydrogens is 316 g/mol. The van der Waals surface area contributed by atoms with E-state index in [1.807, 2.05) is 12.1 Å². The SMILES string of the molecule is Cc1ccc([Si](c2cc(C)cc(C)c2)c2ccccc2Cl)cc1. The van der Waals surface area contributed by atoms with Crippen LogP contribution in [-0.4, -0.2) is 8.80 Å². The summed E-state index contributed by atoms with van der Waals surface area (Å²) in [4.78, 5) is 0. The highest BCUT2D eigenvalue weighted by Gasteiger charge is 2.22. The number of hydrogen-bond acceptors (Lipinski definition) is 0. The average Bonchev–Trinajstić information content (AvgIpc) is 2.50. The minimum Gasteiger partial charge on any atom is -0.0845 e. The maximum atomic E-state index is 6.56. The highest BCUT2D eigenvalue weighted by Crippen LogP contribution is 2.09. The maximum Gasteiger partial charge on any atom is 0.156 e. The Morgan fingerprint density at radius 2 is 1.26 bits per heavy atom. The van der Waals surface area contributed by atoms with Gasteiger partial charge in [-0.1, -0.05) is 99.3 Å². The lowest BCUT2D eigenvalue weighted by Gasteiger charge is -2.19. The van der Waals surface area contributed by atoms with Crippen LogP contribution in [0.4, 0.5) is 0 Å². The van der Waals surface area contributed by atoms with Crippen LogP contribution in [0.5, 0.6) is 0 Å². The first kappa shape index (κ1) is 16.0. The van der Waals surface area contributed by atoms with Gasteiger partial charge < -0.3 is 0 Å². The second-order valence-electron chi connectivity index (χ2n) is 6.10. The van der Waals surface area contributed by atoms with E-state index in [9.17, 15) is 0 Å². The second-order valence-corrected chi connectivity index (χ2v) is 8.95. The minimum atomic E-state index is -1.10. The molecule has 3 rings (SSSR count). The molecule has 0 aliphatic carbocycles. The monoisotopic (exact) mass is 335 g/mol. The lowest BCUT2D eigenvalue weighted by atomic mass is 10.2. The van der Waals surface area contributed by atoms with Gasteiger partial charge >= 0.3 is 0 Å². The third kappa shape index (κ3) is 3.57. The van der Waals surface area contributed by atoms with Crippen molar-refractivity contribution in [1.82, 2.24) is 0 Å². The van der Waals surface area contributed by atoms with Crippen molar-refractivity contribution in [3.8, 4) is 0 Å². The van der Waals surface area contributed by atoms with Crippen LogP contribution < -0.4 is 15.6 Å². The smallest absolute Gasteiger partial charge is 0.0845 e. The fraction of sp³-hybridized carbons (Fsp3) is 0.143. The quantitative estimate of drug-likeness (QED) is 0.505. The summed E-state index contributed by atoms with van der Waals surface area (Å²) >= 11 is 6.56. The Balaban J connectivity index is 2.21. The first-order valence-electron chi connectivity index (χ1n) is 7.82. The Kier molecular flexibility index (Phi) is 4.70. The van der Waals surface area contributed by atoms with E-state index in [1.165, 1.54) is 32.3 Å². The van der Waals surface area contributed by atoms with E-state index in [-0.39, 0.29) is 0 Å². The molecule has 0 N–H and O–H groups in total. The van der Waals surface area contributed by atoms with Gasteiger partial charge in [-0.15, -0.1) is 0 Å². The fourth-order valence-corrected chi connectivity index (χ4v) is 6.18. The molecule has 0 aromatic heterocycles. The molecule has 0 aliphatic heterocycles. The molecule has 23 heavy (non-hydrogen) atoms. The van der Waals surface area contributed by atoms with Crippen molar-refractivity contribution < 1.29 is 0 Å². The molecule has 1 radical (unpaired) electrons. The van der Waals surface area contributed by atoms with Crippen LogP contribution in [0.15, 0.2) is 66.7 Å². The largest absolute Gasteiger partial charge is 0.156 e. The molecule has 0 nitrogen and oxygen atoms in total. The van der Waals surface area contributed by atoms with Crippen LogP contribution in [-0.2, 0) is 0 Å². The number of aryl methyl sites for hydroxylation is 3. The van der Waals surface area contributed by atoms with E-state index in [0.717, 1.165) is 5.02 Å². The Bertz CT molecular complexity index is 801. The summed E-state index contributed by atoms with van der Waals surface area (Å²) in [7, 11) is -1.10. The summed E-state index contributed by atoms with van der Waals surface area (Å²) < 4.78 is 0. The first-order chi connectivity index (χ1) is 11.0. The van der Waals surface area contributed by atoms with Crippen molar-refractivity contribution in [3.63, 3.8) is 0 Å². The molecule has 0 amide bonds. The van der Waals surface area contributed by atoms with Crippen molar-refractivity contribution in [3.05, 3.63) is 88.4 Å². The van der Waals surface area contributed by atoms with Crippen molar-refractivity contribution in [2.24, 2.45) is 0 Å². The lowest BCUT2D eigenvalue weighted by molar-refractivity contribution is 1.40. The zero-order valence-electron chi connectivity index (χ0n) is 13.7.